The highest BCUT2D eigenvalue weighted by atomic mass is 16.6. The molecule has 0 aromatic carbocycles. The van der Waals surface area contributed by atoms with E-state index in [2.05, 4.69) is 15.6 Å². The normalized spacial score (nSPS) is 20.4. The fourth-order valence-corrected chi connectivity index (χ4v) is 3.88. The van der Waals surface area contributed by atoms with Gasteiger partial charge in [0.2, 0.25) is 0 Å². The first kappa shape index (κ1) is 19.9. The molecule has 0 atom stereocenters. The standard InChI is InChI=1S/C19H36N4O2/c1-3-25-19(24)23-14-11-17(12-15-23)22-18(20-2)21-13-7-10-16-8-5-4-6-9-16/h16-17H,3-15H2,1-2H3,(H2,20,21,22). The van der Waals surface area contributed by atoms with Crippen LogP contribution in [0.1, 0.15) is 64.7 Å². The molecular formula is C19H36N4O2. The summed E-state index contributed by atoms with van der Waals surface area (Å²) in [5.41, 5.74) is 0. The van der Waals surface area contributed by atoms with Crippen LogP contribution in [-0.2, 0) is 4.74 Å². The third kappa shape index (κ3) is 7.12. The summed E-state index contributed by atoms with van der Waals surface area (Å²) >= 11 is 0. The topological polar surface area (TPSA) is 66.0 Å². The van der Waals surface area contributed by atoms with E-state index < -0.39 is 0 Å². The number of carbonyl (C=O) groups is 1. The molecule has 2 N–H and O–H groups in total. The third-order valence-electron chi connectivity index (χ3n) is 5.39. The molecule has 0 radical (unpaired) electrons. The Morgan fingerprint density at radius 2 is 1.88 bits per heavy atom. The Morgan fingerprint density at radius 1 is 1.16 bits per heavy atom. The molecule has 0 aromatic rings. The van der Waals surface area contributed by atoms with Gasteiger partial charge in [0.25, 0.3) is 0 Å². The summed E-state index contributed by atoms with van der Waals surface area (Å²) in [6.07, 6.45) is 11.3. The van der Waals surface area contributed by atoms with Crippen molar-refractivity contribution in [3.05, 3.63) is 0 Å². The Kier molecular flexibility index (Phi) is 8.91. The summed E-state index contributed by atoms with van der Waals surface area (Å²) in [5.74, 6) is 1.83. The number of aliphatic imine (C=N–C) groups is 1. The van der Waals surface area contributed by atoms with Crippen molar-refractivity contribution in [2.45, 2.75) is 70.8 Å². The molecule has 6 heteroatoms. The summed E-state index contributed by atoms with van der Waals surface area (Å²) in [6, 6.07) is 0.371. The van der Waals surface area contributed by atoms with Crippen molar-refractivity contribution in [1.82, 2.24) is 15.5 Å². The highest BCUT2D eigenvalue weighted by Gasteiger charge is 2.24. The van der Waals surface area contributed by atoms with Gasteiger partial charge < -0.3 is 20.3 Å². The molecule has 2 aliphatic rings. The van der Waals surface area contributed by atoms with E-state index in [1.165, 1.54) is 44.9 Å². The number of piperidine rings is 1. The van der Waals surface area contributed by atoms with Gasteiger partial charge in [-0.1, -0.05) is 32.1 Å². The Balaban J connectivity index is 1.59. The molecule has 1 heterocycles. The van der Waals surface area contributed by atoms with Gasteiger partial charge in [-0.15, -0.1) is 0 Å². The number of nitrogens with one attached hydrogen (secondary N) is 2. The van der Waals surface area contributed by atoms with Crippen molar-refractivity contribution < 1.29 is 9.53 Å². The number of hydrogen-bond acceptors (Lipinski definition) is 3. The lowest BCUT2D eigenvalue weighted by Crippen LogP contribution is -2.50. The van der Waals surface area contributed by atoms with Crippen LogP contribution >= 0.6 is 0 Å². The van der Waals surface area contributed by atoms with E-state index in [0.717, 1.165) is 44.4 Å². The van der Waals surface area contributed by atoms with Crippen LogP contribution in [0.15, 0.2) is 4.99 Å². The van der Waals surface area contributed by atoms with Crippen LogP contribution in [0.5, 0.6) is 0 Å². The van der Waals surface area contributed by atoms with E-state index >= 15 is 0 Å². The molecule has 0 aromatic heterocycles. The van der Waals surface area contributed by atoms with Gasteiger partial charge >= 0.3 is 6.09 Å². The average Bonchev–Trinajstić information content (AvgIpc) is 2.65. The average molecular weight is 353 g/mol. The van der Waals surface area contributed by atoms with E-state index in [1.807, 2.05) is 14.0 Å². The zero-order chi connectivity index (χ0) is 17.9. The lowest BCUT2D eigenvalue weighted by Gasteiger charge is -2.32. The van der Waals surface area contributed by atoms with Gasteiger partial charge in [-0.3, -0.25) is 4.99 Å². The van der Waals surface area contributed by atoms with Gasteiger partial charge in [0.05, 0.1) is 6.61 Å². The van der Waals surface area contributed by atoms with Crippen molar-refractivity contribution in [1.29, 1.82) is 0 Å². The molecule has 0 spiro atoms. The first-order valence-corrected chi connectivity index (χ1v) is 10.1. The first-order valence-electron chi connectivity index (χ1n) is 10.1. The van der Waals surface area contributed by atoms with E-state index in [9.17, 15) is 4.79 Å². The van der Waals surface area contributed by atoms with Gasteiger partial charge in [0, 0.05) is 32.7 Å². The number of hydrogen-bond donors (Lipinski definition) is 2. The summed E-state index contributed by atoms with van der Waals surface area (Å²) in [6.45, 7) is 4.76. The molecule has 6 nitrogen and oxygen atoms in total. The van der Waals surface area contributed by atoms with Crippen LogP contribution < -0.4 is 10.6 Å². The van der Waals surface area contributed by atoms with Gasteiger partial charge in [0.15, 0.2) is 5.96 Å². The van der Waals surface area contributed by atoms with Crippen molar-refractivity contribution >= 4 is 12.1 Å². The second kappa shape index (κ2) is 11.2. The number of rotatable bonds is 6. The van der Waals surface area contributed by atoms with Gasteiger partial charge in [-0.2, -0.15) is 0 Å². The zero-order valence-electron chi connectivity index (χ0n) is 16.1. The monoisotopic (exact) mass is 352 g/mol. The number of nitrogens with zero attached hydrogens (tertiary/aromatic N) is 2. The SMILES string of the molecule is CCOC(=O)N1CCC(NC(=NC)NCCCC2CCCCC2)CC1. The molecule has 1 saturated carbocycles. The largest absolute Gasteiger partial charge is 0.450 e. The highest BCUT2D eigenvalue weighted by molar-refractivity contribution is 5.80. The zero-order valence-corrected chi connectivity index (χ0v) is 16.1. The van der Waals surface area contributed by atoms with Crippen LogP contribution in [0.4, 0.5) is 4.79 Å². The second-order valence-electron chi connectivity index (χ2n) is 7.25. The highest BCUT2D eigenvalue weighted by Crippen LogP contribution is 2.26. The molecule has 25 heavy (non-hydrogen) atoms. The van der Waals surface area contributed by atoms with Crippen molar-refractivity contribution in [2.24, 2.45) is 10.9 Å². The predicted octanol–water partition coefficient (Wildman–Crippen LogP) is 3.13. The smallest absolute Gasteiger partial charge is 0.409 e. The van der Waals surface area contributed by atoms with E-state index in [1.54, 1.807) is 4.90 Å². The molecule has 1 aliphatic carbocycles. The predicted molar refractivity (Wildman–Crippen MR) is 102 cm³/mol. The fraction of sp³-hybridized carbons (Fsp3) is 0.895. The maximum absolute atomic E-state index is 11.7. The van der Waals surface area contributed by atoms with Crippen LogP contribution in [-0.4, -0.2) is 56.3 Å². The van der Waals surface area contributed by atoms with Crippen molar-refractivity contribution in [3.8, 4) is 0 Å². The Morgan fingerprint density at radius 3 is 2.52 bits per heavy atom. The Bertz CT molecular complexity index is 414. The fourth-order valence-electron chi connectivity index (χ4n) is 3.88. The molecule has 2 rings (SSSR count). The number of carbonyl (C=O) groups excluding carboxylic acids is 1. The lowest BCUT2D eigenvalue weighted by atomic mass is 9.86. The maximum Gasteiger partial charge on any atom is 0.409 e. The summed E-state index contributed by atoms with van der Waals surface area (Å²) in [4.78, 5) is 17.9. The minimum atomic E-state index is -0.189. The number of amides is 1. The van der Waals surface area contributed by atoms with E-state index in [4.69, 9.17) is 4.74 Å². The molecule has 0 unspecified atom stereocenters. The minimum absolute atomic E-state index is 0.189. The van der Waals surface area contributed by atoms with Crippen LogP contribution in [0, 0.1) is 5.92 Å². The maximum atomic E-state index is 11.7. The Labute approximate surface area is 152 Å². The molecule has 2 fully saturated rings. The number of ether oxygens (including phenoxy) is 1. The van der Waals surface area contributed by atoms with E-state index in [-0.39, 0.29) is 6.09 Å². The lowest BCUT2D eigenvalue weighted by molar-refractivity contribution is 0.0963. The van der Waals surface area contributed by atoms with Crippen molar-refractivity contribution in [3.63, 3.8) is 0 Å². The van der Waals surface area contributed by atoms with E-state index in [0.29, 0.717) is 12.6 Å². The molecule has 1 amide bonds. The number of likely N-dealkylation sites (tertiary alicyclic amines) is 1. The second-order valence-corrected chi connectivity index (χ2v) is 7.25. The molecule has 0 bridgehead atoms. The molecule has 144 valence electrons. The third-order valence-corrected chi connectivity index (χ3v) is 5.39. The molecule has 1 aliphatic heterocycles. The van der Waals surface area contributed by atoms with Gasteiger partial charge in [-0.25, -0.2) is 4.79 Å². The molecular weight excluding hydrogens is 316 g/mol. The number of guanidine groups is 1. The summed E-state index contributed by atoms with van der Waals surface area (Å²) in [5, 5.41) is 6.94. The van der Waals surface area contributed by atoms with Crippen LogP contribution in [0.2, 0.25) is 0 Å². The van der Waals surface area contributed by atoms with Gasteiger partial charge in [-0.05, 0) is 38.5 Å². The Hall–Kier alpha value is -1.46. The minimum Gasteiger partial charge on any atom is -0.450 e. The van der Waals surface area contributed by atoms with Crippen LogP contribution in [0.3, 0.4) is 0 Å². The summed E-state index contributed by atoms with van der Waals surface area (Å²) in [7, 11) is 1.82. The first-order chi connectivity index (χ1) is 12.2. The quantitative estimate of drug-likeness (QED) is 0.438. The van der Waals surface area contributed by atoms with Crippen molar-refractivity contribution in [2.75, 3.05) is 33.3 Å². The molecule has 1 saturated heterocycles. The van der Waals surface area contributed by atoms with Crippen LogP contribution in [0.25, 0.3) is 0 Å². The van der Waals surface area contributed by atoms with Gasteiger partial charge in [0.1, 0.15) is 0 Å². The summed E-state index contributed by atoms with van der Waals surface area (Å²) < 4.78 is 5.06.